The molecule has 0 saturated carbocycles. The summed E-state index contributed by atoms with van der Waals surface area (Å²) in [6.07, 6.45) is 6.28. The molecule has 0 unspecified atom stereocenters. The van der Waals surface area contributed by atoms with Gasteiger partial charge in [0.25, 0.3) is 5.91 Å². The number of unbranched alkanes of at least 4 members (excludes halogenated alkanes) is 2. The van der Waals surface area contributed by atoms with E-state index >= 15 is 0 Å². The van der Waals surface area contributed by atoms with E-state index in [9.17, 15) is 4.79 Å². The lowest BCUT2D eigenvalue weighted by Gasteiger charge is -2.30. The first-order valence-electron chi connectivity index (χ1n) is 7.83. The molecule has 1 aliphatic heterocycles. The molecule has 0 atom stereocenters. The van der Waals surface area contributed by atoms with Crippen molar-refractivity contribution in [2.24, 2.45) is 0 Å². The lowest BCUT2D eigenvalue weighted by atomic mass is 10.1. The molecule has 0 aliphatic carbocycles. The summed E-state index contributed by atoms with van der Waals surface area (Å²) in [5, 5.41) is 0. The Kier molecular flexibility index (Phi) is 4.37. The Labute approximate surface area is 135 Å². The Balaban J connectivity index is 1.95. The van der Waals surface area contributed by atoms with Crippen molar-refractivity contribution >= 4 is 23.4 Å². The van der Waals surface area contributed by atoms with Crippen LogP contribution in [0.2, 0.25) is 0 Å². The predicted octanol–water partition coefficient (Wildman–Crippen LogP) is 3.82. The SMILES string of the molecule is CCCCCN1C(=O)/C(=C\c2ccco2)Oc2ccc(N)cc21. The number of hydrogen-bond donors (Lipinski definition) is 1. The van der Waals surface area contributed by atoms with Crippen LogP contribution < -0.4 is 15.4 Å². The largest absolute Gasteiger partial charge is 0.465 e. The summed E-state index contributed by atoms with van der Waals surface area (Å²) in [5.74, 6) is 1.30. The molecule has 5 nitrogen and oxygen atoms in total. The molecule has 2 heterocycles. The van der Waals surface area contributed by atoms with Crippen molar-refractivity contribution in [3.05, 3.63) is 48.1 Å². The quantitative estimate of drug-likeness (QED) is 0.518. The van der Waals surface area contributed by atoms with Gasteiger partial charge in [-0.25, -0.2) is 0 Å². The van der Waals surface area contributed by atoms with Crippen LogP contribution in [-0.2, 0) is 4.79 Å². The normalized spacial score (nSPS) is 15.6. The molecular formula is C18H20N2O3. The van der Waals surface area contributed by atoms with E-state index in [0.29, 0.717) is 23.7 Å². The number of hydrogen-bond acceptors (Lipinski definition) is 4. The van der Waals surface area contributed by atoms with Crippen LogP contribution in [0.4, 0.5) is 11.4 Å². The van der Waals surface area contributed by atoms with Gasteiger partial charge in [0.2, 0.25) is 0 Å². The second kappa shape index (κ2) is 6.60. The van der Waals surface area contributed by atoms with Gasteiger partial charge in [0.15, 0.2) is 11.5 Å². The van der Waals surface area contributed by atoms with E-state index in [1.54, 1.807) is 47.6 Å². The highest BCUT2D eigenvalue weighted by atomic mass is 16.5. The topological polar surface area (TPSA) is 68.7 Å². The molecule has 1 amide bonds. The number of benzene rings is 1. The van der Waals surface area contributed by atoms with Crippen molar-refractivity contribution in [2.45, 2.75) is 26.2 Å². The number of amides is 1. The van der Waals surface area contributed by atoms with Crippen LogP contribution >= 0.6 is 0 Å². The Hall–Kier alpha value is -2.69. The fraction of sp³-hybridized carbons (Fsp3) is 0.278. The van der Waals surface area contributed by atoms with E-state index < -0.39 is 0 Å². The third-order valence-electron chi connectivity index (χ3n) is 3.75. The second-order valence-electron chi connectivity index (χ2n) is 5.52. The number of carbonyl (C=O) groups excluding carboxylic acids is 1. The van der Waals surface area contributed by atoms with Gasteiger partial charge in [0.05, 0.1) is 12.0 Å². The number of nitrogens with two attached hydrogens (primary N) is 1. The van der Waals surface area contributed by atoms with Crippen LogP contribution in [0, 0.1) is 0 Å². The first kappa shape index (κ1) is 15.2. The number of anilines is 2. The van der Waals surface area contributed by atoms with E-state index in [2.05, 4.69) is 6.92 Å². The fourth-order valence-electron chi connectivity index (χ4n) is 2.57. The summed E-state index contributed by atoms with van der Waals surface area (Å²) in [6, 6.07) is 8.89. The van der Waals surface area contributed by atoms with Gasteiger partial charge in [-0.05, 0) is 36.8 Å². The molecule has 1 aliphatic rings. The molecule has 23 heavy (non-hydrogen) atoms. The molecule has 3 rings (SSSR count). The average Bonchev–Trinajstić information content (AvgIpc) is 3.04. The summed E-state index contributed by atoms with van der Waals surface area (Å²) < 4.78 is 11.0. The predicted molar refractivity (Wildman–Crippen MR) is 90.0 cm³/mol. The first-order chi connectivity index (χ1) is 11.2. The Morgan fingerprint density at radius 1 is 1.26 bits per heavy atom. The van der Waals surface area contributed by atoms with Gasteiger partial charge in [0.1, 0.15) is 5.76 Å². The minimum Gasteiger partial charge on any atom is -0.465 e. The maximum absolute atomic E-state index is 12.8. The monoisotopic (exact) mass is 312 g/mol. The van der Waals surface area contributed by atoms with Crippen molar-refractivity contribution < 1.29 is 13.9 Å². The van der Waals surface area contributed by atoms with Crippen LogP contribution in [0.3, 0.4) is 0 Å². The number of furan rings is 1. The minimum absolute atomic E-state index is 0.171. The molecular weight excluding hydrogens is 292 g/mol. The van der Waals surface area contributed by atoms with Crippen molar-refractivity contribution in [1.29, 1.82) is 0 Å². The van der Waals surface area contributed by atoms with Gasteiger partial charge >= 0.3 is 0 Å². The number of ether oxygens (including phenoxy) is 1. The third-order valence-corrected chi connectivity index (χ3v) is 3.75. The zero-order valence-corrected chi connectivity index (χ0v) is 13.1. The third kappa shape index (κ3) is 3.23. The lowest BCUT2D eigenvalue weighted by Crippen LogP contribution is -2.38. The first-order valence-corrected chi connectivity index (χ1v) is 7.83. The molecule has 1 aromatic heterocycles. The number of fused-ring (bicyclic) bond motifs is 1. The average molecular weight is 312 g/mol. The van der Waals surface area contributed by atoms with Gasteiger partial charge in [-0.15, -0.1) is 0 Å². The lowest BCUT2D eigenvalue weighted by molar-refractivity contribution is -0.117. The van der Waals surface area contributed by atoms with E-state index in [0.717, 1.165) is 24.9 Å². The van der Waals surface area contributed by atoms with Crippen LogP contribution in [0.15, 0.2) is 46.8 Å². The molecule has 0 saturated heterocycles. The Bertz CT molecular complexity index is 720. The van der Waals surface area contributed by atoms with Crippen molar-refractivity contribution in [3.8, 4) is 5.75 Å². The molecule has 0 fully saturated rings. The van der Waals surface area contributed by atoms with Gasteiger partial charge in [-0.1, -0.05) is 19.8 Å². The maximum Gasteiger partial charge on any atom is 0.294 e. The molecule has 0 radical (unpaired) electrons. The number of rotatable bonds is 5. The molecule has 1 aromatic carbocycles. The summed E-state index contributed by atoms with van der Waals surface area (Å²) in [4.78, 5) is 14.5. The number of nitrogens with zero attached hydrogens (tertiary/aromatic N) is 1. The second-order valence-corrected chi connectivity index (χ2v) is 5.52. The molecule has 0 spiro atoms. The molecule has 120 valence electrons. The van der Waals surface area contributed by atoms with Gasteiger partial charge in [-0.2, -0.15) is 0 Å². The highest BCUT2D eigenvalue weighted by molar-refractivity contribution is 6.10. The minimum atomic E-state index is -0.171. The molecule has 2 aromatic rings. The maximum atomic E-state index is 12.8. The van der Waals surface area contributed by atoms with Crippen LogP contribution in [0.5, 0.6) is 5.75 Å². The standard InChI is InChI=1S/C18H20N2O3/c1-2-3-4-9-20-15-11-13(19)7-8-16(15)23-17(18(20)21)12-14-6-5-10-22-14/h5-8,10-12H,2-4,9,19H2,1H3/b17-12+. The van der Waals surface area contributed by atoms with Gasteiger partial charge in [-0.3, -0.25) is 4.79 Å². The highest BCUT2D eigenvalue weighted by Crippen LogP contribution is 2.37. The number of carbonyl (C=O) groups is 1. The summed E-state index contributed by atoms with van der Waals surface area (Å²) in [7, 11) is 0. The summed E-state index contributed by atoms with van der Waals surface area (Å²) >= 11 is 0. The zero-order chi connectivity index (χ0) is 16.2. The number of nitrogen functional groups attached to an aromatic ring is 1. The van der Waals surface area contributed by atoms with E-state index in [1.165, 1.54) is 0 Å². The zero-order valence-electron chi connectivity index (χ0n) is 13.1. The summed E-state index contributed by atoms with van der Waals surface area (Å²) in [6.45, 7) is 2.78. The van der Waals surface area contributed by atoms with E-state index in [1.807, 2.05) is 0 Å². The summed E-state index contributed by atoms with van der Waals surface area (Å²) in [5.41, 5.74) is 7.20. The molecule has 0 bridgehead atoms. The van der Waals surface area contributed by atoms with Gasteiger partial charge in [0, 0.05) is 18.3 Å². The van der Waals surface area contributed by atoms with Crippen LogP contribution in [-0.4, -0.2) is 12.5 Å². The fourth-order valence-corrected chi connectivity index (χ4v) is 2.57. The van der Waals surface area contributed by atoms with Crippen LogP contribution in [0.25, 0.3) is 6.08 Å². The van der Waals surface area contributed by atoms with Gasteiger partial charge < -0.3 is 19.8 Å². The molecule has 5 heteroatoms. The highest BCUT2D eigenvalue weighted by Gasteiger charge is 2.30. The van der Waals surface area contributed by atoms with Crippen molar-refractivity contribution in [2.75, 3.05) is 17.2 Å². The smallest absolute Gasteiger partial charge is 0.294 e. The molecule has 2 N–H and O–H groups in total. The van der Waals surface area contributed by atoms with Crippen molar-refractivity contribution in [1.82, 2.24) is 0 Å². The Morgan fingerprint density at radius 3 is 2.87 bits per heavy atom. The Morgan fingerprint density at radius 2 is 2.13 bits per heavy atom. The van der Waals surface area contributed by atoms with Crippen molar-refractivity contribution in [3.63, 3.8) is 0 Å². The van der Waals surface area contributed by atoms with E-state index in [4.69, 9.17) is 14.9 Å². The van der Waals surface area contributed by atoms with Crippen LogP contribution in [0.1, 0.15) is 31.9 Å². The van der Waals surface area contributed by atoms with E-state index in [-0.39, 0.29) is 11.7 Å².